The fourth-order valence-electron chi connectivity index (χ4n) is 4.85. The van der Waals surface area contributed by atoms with E-state index in [1.165, 1.54) is 24.3 Å². The van der Waals surface area contributed by atoms with Crippen molar-refractivity contribution in [1.29, 1.82) is 0 Å². The zero-order valence-electron chi connectivity index (χ0n) is 22.8. The van der Waals surface area contributed by atoms with Gasteiger partial charge in [0.15, 0.2) is 0 Å². The molecule has 0 aliphatic heterocycles. The standard InChI is InChI=1S/C34H31F2NO3/c1-34(2,3)40-33(38)37-31-18-12-25(20-30(31)36)32-28(23-9-13-26(35)14-10-23)16-11-24-19-27(15-17-29(24)32)39-21-22-7-5-4-6-8-22/h4-10,12-15,17-20H,11,16,21H2,1-3H3,(H,37,38). The number of hydrogen-bond acceptors (Lipinski definition) is 3. The van der Waals surface area contributed by atoms with Gasteiger partial charge in [-0.3, -0.25) is 5.32 Å². The van der Waals surface area contributed by atoms with Crippen molar-refractivity contribution in [1.82, 2.24) is 0 Å². The van der Waals surface area contributed by atoms with Crippen LogP contribution in [0.25, 0.3) is 11.1 Å². The summed E-state index contributed by atoms with van der Waals surface area (Å²) >= 11 is 0. The van der Waals surface area contributed by atoms with Gasteiger partial charge in [-0.15, -0.1) is 0 Å². The number of fused-ring (bicyclic) bond motifs is 1. The Labute approximate surface area is 233 Å². The van der Waals surface area contributed by atoms with Crippen LogP contribution in [0.3, 0.4) is 0 Å². The molecule has 1 N–H and O–H groups in total. The molecule has 0 spiro atoms. The summed E-state index contributed by atoms with van der Waals surface area (Å²) in [5.41, 5.74) is 5.85. The van der Waals surface area contributed by atoms with Crippen molar-refractivity contribution in [2.24, 2.45) is 0 Å². The number of rotatable bonds is 6. The predicted octanol–water partition coefficient (Wildman–Crippen LogP) is 8.80. The van der Waals surface area contributed by atoms with Gasteiger partial charge in [0.1, 0.15) is 29.6 Å². The number of nitrogens with one attached hydrogen (secondary N) is 1. The van der Waals surface area contributed by atoms with Crippen LogP contribution in [0.4, 0.5) is 19.3 Å². The van der Waals surface area contributed by atoms with E-state index in [1.54, 1.807) is 39.0 Å². The molecule has 0 aromatic heterocycles. The maximum absolute atomic E-state index is 15.3. The van der Waals surface area contributed by atoms with Crippen LogP contribution in [0, 0.1) is 11.6 Å². The van der Waals surface area contributed by atoms with Crippen LogP contribution in [-0.2, 0) is 17.8 Å². The number of aryl methyl sites for hydroxylation is 1. The Balaban J connectivity index is 1.50. The monoisotopic (exact) mass is 539 g/mol. The first-order valence-corrected chi connectivity index (χ1v) is 13.3. The first kappa shape index (κ1) is 27.1. The summed E-state index contributed by atoms with van der Waals surface area (Å²) in [6.45, 7) is 5.69. The van der Waals surface area contributed by atoms with Crippen molar-refractivity contribution in [2.75, 3.05) is 5.32 Å². The average molecular weight is 540 g/mol. The molecule has 1 aliphatic rings. The summed E-state index contributed by atoms with van der Waals surface area (Å²) < 4.78 is 40.4. The minimum atomic E-state index is -0.726. The van der Waals surface area contributed by atoms with Crippen molar-refractivity contribution < 1.29 is 23.0 Å². The van der Waals surface area contributed by atoms with Crippen LogP contribution in [0.15, 0.2) is 91.0 Å². The van der Waals surface area contributed by atoms with E-state index in [2.05, 4.69) is 5.32 Å². The topological polar surface area (TPSA) is 47.6 Å². The number of allylic oxidation sites excluding steroid dienone is 1. The Kier molecular flexibility index (Phi) is 7.69. The Morgan fingerprint density at radius 2 is 1.57 bits per heavy atom. The maximum Gasteiger partial charge on any atom is 0.412 e. The van der Waals surface area contributed by atoms with Gasteiger partial charge in [0.25, 0.3) is 0 Å². The predicted molar refractivity (Wildman–Crippen MR) is 154 cm³/mol. The van der Waals surface area contributed by atoms with Crippen LogP contribution < -0.4 is 10.1 Å². The average Bonchev–Trinajstić information content (AvgIpc) is 2.92. The third kappa shape index (κ3) is 6.40. The number of hydrogen-bond donors (Lipinski definition) is 1. The van der Waals surface area contributed by atoms with E-state index in [0.29, 0.717) is 18.6 Å². The molecule has 4 aromatic rings. The lowest BCUT2D eigenvalue weighted by Gasteiger charge is -2.25. The van der Waals surface area contributed by atoms with E-state index in [1.807, 2.05) is 48.5 Å². The molecule has 1 amide bonds. The molecule has 1 aliphatic carbocycles. The summed E-state index contributed by atoms with van der Waals surface area (Å²) in [6, 6.07) is 27.0. The Hall–Kier alpha value is -4.45. The highest BCUT2D eigenvalue weighted by atomic mass is 19.1. The van der Waals surface area contributed by atoms with E-state index < -0.39 is 17.5 Å². The Morgan fingerprint density at radius 1 is 0.850 bits per heavy atom. The molecule has 5 rings (SSSR count). The normalized spacial score (nSPS) is 13.0. The minimum absolute atomic E-state index is 0.0302. The Bertz CT molecular complexity index is 1550. The number of amides is 1. The lowest BCUT2D eigenvalue weighted by atomic mass is 9.79. The molecule has 0 bridgehead atoms. The van der Waals surface area contributed by atoms with Crippen LogP contribution >= 0.6 is 0 Å². The Morgan fingerprint density at radius 3 is 2.27 bits per heavy atom. The van der Waals surface area contributed by atoms with Gasteiger partial charge in [0.05, 0.1) is 5.69 Å². The van der Waals surface area contributed by atoms with Crippen LogP contribution in [-0.4, -0.2) is 11.7 Å². The SMILES string of the molecule is CC(C)(C)OC(=O)Nc1ccc(C2=C(c3ccc(F)cc3)CCc3cc(OCc4ccccc4)ccc32)cc1F. The molecule has 204 valence electrons. The third-order valence-electron chi connectivity index (χ3n) is 6.63. The minimum Gasteiger partial charge on any atom is -0.489 e. The molecule has 0 saturated heterocycles. The van der Waals surface area contributed by atoms with Crippen molar-refractivity contribution in [3.8, 4) is 5.75 Å². The zero-order valence-corrected chi connectivity index (χ0v) is 22.8. The van der Waals surface area contributed by atoms with Gasteiger partial charge in [-0.1, -0.05) is 54.6 Å². The highest BCUT2D eigenvalue weighted by molar-refractivity contribution is 6.01. The number of carbonyl (C=O) groups is 1. The smallest absolute Gasteiger partial charge is 0.412 e. The van der Waals surface area contributed by atoms with Gasteiger partial charge >= 0.3 is 6.09 Å². The molecule has 0 fully saturated rings. The van der Waals surface area contributed by atoms with Gasteiger partial charge in [-0.25, -0.2) is 13.6 Å². The molecular formula is C34H31F2NO3. The van der Waals surface area contributed by atoms with Crippen molar-refractivity contribution >= 4 is 22.9 Å². The second kappa shape index (κ2) is 11.3. The number of halogens is 2. The fraction of sp³-hybridized carbons (Fsp3) is 0.206. The molecule has 4 nitrogen and oxygen atoms in total. The molecule has 0 heterocycles. The maximum atomic E-state index is 15.3. The van der Waals surface area contributed by atoms with Gasteiger partial charge in [-0.05, 0) is 109 Å². The van der Waals surface area contributed by atoms with E-state index in [-0.39, 0.29) is 11.5 Å². The van der Waals surface area contributed by atoms with Gasteiger partial charge < -0.3 is 9.47 Å². The quantitative estimate of drug-likeness (QED) is 0.266. The zero-order chi connectivity index (χ0) is 28.3. The van der Waals surface area contributed by atoms with E-state index in [4.69, 9.17) is 9.47 Å². The van der Waals surface area contributed by atoms with Gasteiger partial charge in [0, 0.05) is 0 Å². The van der Waals surface area contributed by atoms with Crippen LogP contribution in [0.5, 0.6) is 5.75 Å². The molecule has 40 heavy (non-hydrogen) atoms. The molecule has 0 unspecified atom stereocenters. The molecule has 4 aromatic carbocycles. The van der Waals surface area contributed by atoms with Crippen molar-refractivity contribution in [3.05, 3.63) is 130 Å². The number of ether oxygens (including phenoxy) is 2. The third-order valence-corrected chi connectivity index (χ3v) is 6.63. The van der Waals surface area contributed by atoms with Crippen molar-refractivity contribution in [3.63, 3.8) is 0 Å². The van der Waals surface area contributed by atoms with Crippen molar-refractivity contribution in [2.45, 2.75) is 45.8 Å². The largest absolute Gasteiger partial charge is 0.489 e. The second-order valence-electron chi connectivity index (χ2n) is 10.8. The molecule has 0 saturated carbocycles. The summed E-state index contributed by atoms with van der Waals surface area (Å²) in [4.78, 5) is 12.2. The molecule has 0 radical (unpaired) electrons. The summed E-state index contributed by atoms with van der Waals surface area (Å²) in [5.74, 6) is -0.134. The van der Waals surface area contributed by atoms with Crippen LogP contribution in [0.2, 0.25) is 0 Å². The fourth-order valence-corrected chi connectivity index (χ4v) is 4.85. The number of carbonyl (C=O) groups excluding carboxylic acids is 1. The van der Waals surface area contributed by atoms with Crippen LogP contribution in [0.1, 0.15) is 55.0 Å². The lowest BCUT2D eigenvalue weighted by molar-refractivity contribution is 0.0635. The lowest BCUT2D eigenvalue weighted by Crippen LogP contribution is -2.27. The second-order valence-corrected chi connectivity index (χ2v) is 10.8. The van der Waals surface area contributed by atoms with E-state index in [0.717, 1.165) is 45.6 Å². The molecule has 6 heteroatoms. The summed E-state index contributed by atoms with van der Waals surface area (Å²) in [5, 5.41) is 2.49. The first-order valence-electron chi connectivity index (χ1n) is 13.3. The summed E-state index contributed by atoms with van der Waals surface area (Å²) in [6.07, 6.45) is 0.723. The summed E-state index contributed by atoms with van der Waals surface area (Å²) in [7, 11) is 0. The first-order chi connectivity index (χ1) is 19.2. The van der Waals surface area contributed by atoms with E-state index >= 15 is 4.39 Å². The number of anilines is 1. The highest BCUT2D eigenvalue weighted by Gasteiger charge is 2.24. The molecular weight excluding hydrogens is 508 g/mol. The number of benzene rings is 4. The van der Waals surface area contributed by atoms with Gasteiger partial charge in [0.2, 0.25) is 0 Å². The highest BCUT2D eigenvalue weighted by Crippen LogP contribution is 2.42. The van der Waals surface area contributed by atoms with Gasteiger partial charge in [-0.2, -0.15) is 0 Å². The molecule has 0 atom stereocenters. The van der Waals surface area contributed by atoms with E-state index in [9.17, 15) is 9.18 Å².